The molecule has 19 heavy (non-hydrogen) atoms. The Hall–Kier alpha value is -2.42. The summed E-state index contributed by atoms with van der Waals surface area (Å²) in [7, 11) is 0. The van der Waals surface area contributed by atoms with Gasteiger partial charge in [-0.3, -0.25) is 9.79 Å². The molecule has 0 bridgehead atoms. The molecule has 1 amide bonds. The summed E-state index contributed by atoms with van der Waals surface area (Å²) in [6.45, 7) is 2.18. The third-order valence-corrected chi connectivity index (χ3v) is 3.13. The van der Waals surface area contributed by atoms with E-state index >= 15 is 0 Å². The fraction of sp³-hybridized carbons (Fsp3) is 0.125. The number of amides is 1. The van der Waals surface area contributed by atoms with Gasteiger partial charge >= 0.3 is 0 Å². The predicted molar refractivity (Wildman–Crippen MR) is 76.8 cm³/mol. The number of nitrogens with zero attached hydrogens (tertiary/aromatic N) is 1. The van der Waals surface area contributed by atoms with E-state index in [1.165, 1.54) is 0 Å². The molecule has 1 aliphatic heterocycles. The zero-order valence-electron chi connectivity index (χ0n) is 10.7. The van der Waals surface area contributed by atoms with Crippen LogP contribution in [-0.4, -0.2) is 18.2 Å². The summed E-state index contributed by atoms with van der Waals surface area (Å²) in [5, 5.41) is 2.91. The van der Waals surface area contributed by atoms with Gasteiger partial charge < -0.3 is 5.32 Å². The standard InChI is InChI=1S/C16H14N2O/c1-11-7-8-13-14(9-11)18-15(19)10-17-16(13)12-5-3-2-4-6-12/h2-9H,10H2,1H3,(H,18,19). The van der Waals surface area contributed by atoms with Gasteiger partial charge in [0.25, 0.3) is 0 Å². The predicted octanol–water partition coefficient (Wildman–Crippen LogP) is 2.78. The number of anilines is 1. The van der Waals surface area contributed by atoms with Crippen LogP contribution in [-0.2, 0) is 4.79 Å². The Morgan fingerprint density at radius 3 is 2.68 bits per heavy atom. The van der Waals surface area contributed by atoms with Gasteiger partial charge in [0.2, 0.25) is 5.91 Å². The third-order valence-electron chi connectivity index (χ3n) is 3.13. The minimum absolute atomic E-state index is 0.0715. The van der Waals surface area contributed by atoms with E-state index in [0.717, 1.165) is 28.1 Å². The third kappa shape index (κ3) is 2.27. The molecule has 0 aliphatic carbocycles. The van der Waals surface area contributed by atoms with Gasteiger partial charge in [0.15, 0.2) is 0 Å². The van der Waals surface area contributed by atoms with Gasteiger partial charge in [-0.1, -0.05) is 42.5 Å². The Kier molecular flexibility index (Phi) is 2.88. The number of hydrogen-bond donors (Lipinski definition) is 1. The van der Waals surface area contributed by atoms with Gasteiger partial charge in [-0.2, -0.15) is 0 Å². The van der Waals surface area contributed by atoms with Gasteiger partial charge in [-0.15, -0.1) is 0 Å². The van der Waals surface area contributed by atoms with Crippen LogP contribution in [0.25, 0.3) is 0 Å². The number of benzene rings is 2. The van der Waals surface area contributed by atoms with Crippen LogP contribution in [0.15, 0.2) is 53.5 Å². The van der Waals surface area contributed by atoms with Crippen molar-refractivity contribution in [2.45, 2.75) is 6.92 Å². The van der Waals surface area contributed by atoms with Gasteiger partial charge in [-0.05, 0) is 18.6 Å². The van der Waals surface area contributed by atoms with Crippen molar-refractivity contribution >= 4 is 17.3 Å². The highest BCUT2D eigenvalue weighted by molar-refractivity contribution is 6.19. The molecule has 1 aliphatic rings. The molecule has 3 nitrogen and oxygen atoms in total. The number of nitrogens with one attached hydrogen (secondary N) is 1. The second-order valence-corrected chi connectivity index (χ2v) is 4.63. The number of aryl methyl sites for hydroxylation is 1. The molecule has 0 saturated heterocycles. The second kappa shape index (κ2) is 4.69. The highest BCUT2D eigenvalue weighted by Crippen LogP contribution is 2.23. The van der Waals surface area contributed by atoms with Gasteiger partial charge in [-0.25, -0.2) is 0 Å². The SMILES string of the molecule is Cc1ccc2c(c1)NC(=O)CN=C2c1ccccc1. The van der Waals surface area contributed by atoms with Gasteiger partial charge in [0, 0.05) is 11.1 Å². The smallest absolute Gasteiger partial charge is 0.246 e. The number of benzodiazepines with no additional fused rings is 1. The topological polar surface area (TPSA) is 41.5 Å². The fourth-order valence-electron chi connectivity index (χ4n) is 2.24. The monoisotopic (exact) mass is 250 g/mol. The van der Waals surface area contributed by atoms with Crippen LogP contribution in [0.1, 0.15) is 16.7 Å². The number of carbonyl (C=O) groups is 1. The molecule has 0 saturated carbocycles. The lowest BCUT2D eigenvalue weighted by atomic mass is 9.99. The molecule has 2 aromatic carbocycles. The van der Waals surface area contributed by atoms with E-state index in [4.69, 9.17) is 0 Å². The zero-order chi connectivity index (χ0) is 13.2. The molecule has 1 N–H and O–H groups in total. The lowest BCUT2D eigenvalue weighted by molar-refractivity contribution is -0.114. The average molecular weight is 250 g/mol. The van der Waals surface area contributed by atoms with Crippen molar-refractivity contribution in [2.24, 2.45) is 4.99 Å². The largest absolute Gasteiger partial charge is 0.324 e. The van der Waals surface area contributed by atoms with E-state index in [2.05, 4.69) is 10.3 Å². The number of carbonyl (C=O) groups excluding carboxylic acids is 1. The molecule has 0 aromatic heterocycles. The Balaban J connectivity index is 2.18. The normalized spacial score (nSPS) is 14.2. The molecule has 1 heterocycles. The second-order valence-electron chi connectivity index (χ2n) is 4.63. The first-order valence-corrected chi connectivity index (χ1v) is 6.25. The first-order valence-electron chi connectivity index (χ1n) is 6.25. The Bertz CT molecular complexity index is 660. The molecule has 0 radical (unpaired) electrons. The molecule has 3 heteroatoms. The van der Waals surface area contributed by atoms with E-state index in [-0.39, 0.29) is 12.5 Å². The van der Waals surface area contributed by atoms with Crippen LogP contribution >= 0.6 is 0 Å². The molecular weight excluding hydrogens is 236 g/mol. The Morgan fingerprint density at radius 2 is 1.89 bits per heavy atom. The summed E-state index contributed by atoms with van der Waals surface area (Å²) in [5.41, 5.74) is 4.83. The van der Waals surface area contributed by atoms with Crippen molar-refractivity contribution in [2.75, 3.05) is 11.9 Å². The van der Waals surface area contributed by atoms with Crippen molar-refractivity contribution in [3.8, 4) is 0 Å². The van der Waals surface area contributed by atoms with Crippen LogP contribution in [0.2, 0.25) is 0 Å². The highest BCUT2D eigenvalue weighted by Gasteiger charge is 2.17. The quantitative estimate of drug-likeness (QED) is 0.830. The molecule has 2 aromatic rings. The highest BCUT2D eigenvalue weighted by atomic mass is 16.1. The van der Waals surface area contributed by atoms with Crippen LogP contribution in [0.3, 0.4) is 0 Å². The van der Waals surface area contributed by atoms with E-state index in [1.54, 1.807) is 0 Å². The van der Waals surface area contributed by atoms with E-state index < -0.39 is 0 Å². The van der Waals surface area contributed by atoms with Crippen molar-refractivity contribution in [3.63, 3.8) is 0 Å². The van der Waals surface area contributed by atoms with E-state index in [1.807, 2.05) is 55.5 Å². The zero-order valence-corrected chi connectivity index (χ0v) is 10.7. The molecule has 3 rings (SSSR count). The summed E-state index contributed by atoms with van der Waals surface area (Å²) in [5.74, 6) is -0.0715. The Labute approximate surface area is 112 Å². The molecule has 0 atom stereocenters. The number of rotatable bonds is 1. The van der Waals surface area contributed by atoms with Crippen LogP contribution in [0.4, 0.5) is 5.69 Å². The number of fused-ring (bicyclic) bond motifs is 1. The first-order chi connectivity index (χ1) is 9.24. The van der Waals surface area contributed by atoms with Crippen LogP contribution < -0.4 is 5.32 Å². The average Bonchev–Trinajstić information content (AvgIpc) is 2.57. The van der Waals surface area contributed by atoms with E-state index in [0.29, 0.717) is 0 Å². The lowest BCUT2D eigenvalue weighted by Crippen LogP contribution is -2.13. The minimum atomic E-state index is -0.0715. The summed E-state index contributed by atoms with van der Waals surface area (Å²) < 4.78 is 0. The van der Waals surface area contributed by atoms with Crippen molar-refractivity contribution in [1.29, 1.82) is 0 Å². The van der Waals surface area contributed by atoms with Crippen LogP contribution in [0, 0.1) is 6.92 Å². The molecular formula is C16H14N2O. The van der Waals surface area contributed by atoms with Gasteiger partial charge in [0.1, 0.15) is 6.54 Å². The minimum Gasteiger partial charge on any atom is -0.324 e. The number of aliphatic imine (C=N–C) groups is 1. The first kappa shape index (κ1) is 11.7. The molecule has 94 valence electrons. The number of hydrogen-bond acceptors (Lipinski definition) is 2. The van der Waals surface area contributed by atoms with E-state index in [9.17, 15) is 4.79 Å². The summed E-state index contributed by atoms with van der Waals surface area (Å²) in [6.07, 6.45) is 0. The van der Waals surface area contributed by atoms with Gasteiger partial charge in [0.05, 0.1) is 11.4 Å². The molecule has 0 spiro atoms. The maximum atomic E-state index is 11.7. The van der Waals surface area contributed by atoms with Crippen LogP contribution in [0.5, 0.6) is 0 Å². The summed E-state index contributed by atoms with van der Waals surface area (Å²) in [4.78, 5) is 16.2. The lowest BCUT2D eigenvalue weighted by Gasteiger charge is -2.10. The maximum absolute atomic E-state index is 11.7. The van der Waals surface area contributed by atoms with Crippen molar-refractivity contribution < 1.29 is 4.79 Å². The Morgan fingerprint density at radius 1 is 1.11 bits per heavy atom. The maximum Gasteiger partial charge on any atom is 0.246 e. The summed E-state index contributed by atoms with van der Waals surface area (Å²) in [6, 6.07) is 16.0. The van der Waals surface area contributed by atoms with Crippen molar-refractivity contribution in [1.82, 2.24) is 0 Å². The van der Waals surface area contributed by atoms with Crippen molar-refractivity contribution in [3.05, 3.63) is 65.2 Å². The fourth-order valence-corrected chi connectivity index (χ4v) is 2.24. The molecule has 0 unspecified atom stereocenters. The summed E-state index contributed by atoms with van der Waals surface area (Å²) >= 11 is 0. The molecule has 0 fully saturated rings.